The maximum Gasteiger partial charge on any atom is 0.308 e. The van der Waals surface area contributed by atoms with Gasteiger partial charge < -0.3 is 9.47 Å². The summed E-state index contributed by atoms with van der Waals surface area (Å²) in [6, 6.07) is 0. The zero-order chi connectivity index (χ0) is 10.3. The summed E-state index contributed by atoms with van der Waals surface area (Å²) in [5.41, 5.74) is 0. The van der Waals surface area contributed by atoms with Crippen molar-refractivity contribution < 1.29 is 19.1 Å². The van der Waals surface area contributed by atoms with E-state index in [4.69, 9.17) is 4.74 Å². The van der Waals surface area contributed by atoms with Crippen LogP contribution in [0.2, 0.25) is 0 Å². The number of carbonyl (C=O) groups excluding carboxylic acids is 2. The largest absolute Gasteiger partial charge is 0.469 e. The lowest BCUT2D eigenvalue weighted by atomic mass is 10.1. The molecule has 1 radical (unpaired) electrons. The Bertz CT molecular complexity index is 176. The van der Waals surface area contributed by atoms with E-state index in [0.717, 1.165) is 0 Å². The maximum absolute atomic E-state index is 11.0. The van der Waals surface area contributed by atoms with Gasteiger partial charge in [0.2, 0.25) is 0 Å². The van der Waals surface area contributed by atoms with Crippen molar-refractivity contribution in [2.75, 3.05) is 13.7 Å². The monoisotopic (exact) mass is 187 g/mol. The van der Waals surface area contributed by atoms with E-state index in [0.29, 0.717) is 13.0 Å². The van der Waals surface area contributed by atoms with Crippen LogP contribution >= 0.6 is 0 Å². The van der Waals surface area contributed by atoms with Gasteiger partial charge in [0, 0.05) is 6.42 Å². The Morgan fingerprint density at radius 1 is 1.46 bits per heavy atom. The molecule has 0 heterocycles. The molecule has 0 aliphatic carbocycles. The second-order valence-corrected chi connectivity index (χ2v) is 2.56. The molecule has 75 valence electrons. The van der Waals surface area contributed by atoms with E-state index in [1.54, 1.807) is 6.92 Å². The summed E-state index contributed by atoms with van der Waals surface area (Å²) in [7, 11) is 1.31. The lowest BCUT2D eigenvalue weighted by Gasteiger charge is -2.08. The maximum atomic E-state index is 11.0. The van der Waals surface area contributed by atoms with Crippen molar-refractivity contribution in [1.82, 2.24) is 0 Å². The number of methoxy groups -OCH3 is 1. The van der Waals surface area contributed by atoms with Crippen molar-refractivity contribution in [1.29, 1.82) is 0 Å². The second-order valence-electron chi connectivity index (χ2n) is 2.56. The zero-order valence-electron chi connectivity index (χ0n) is 8.04. The fraction of sp³-hybridized carbons (Fsp3) is 0.667. The van der Waals surface area contributed by atoms with E-state index in [1.807, 2.05) is 0 Å². The van der Waals surface area contributed by atoms with Crippen molar-refractivity contribution in [3.63, 3.8) is 0 Å². The van der Waals surface area contributed by atoms with Crippen LogP contribution in [0.5, 0.6) is 0 Å². The number of hydrogen-bond donors (Lipinski definition) is 0. The van der Waals surface area contributed by atoms with Gasteiger partial charge in [-0.1, -0.05) is 0 Å². The molecule has 0 saturated carbocycles. The third-order valence-electron chi connectivity index (χ3n) is 1.54. The molecule has 0 spiro atoms. The molecule has 1 atom stereocenters. The molecule has 0 amide bonds. The quantitative estimate of drug-likeness (QED) is 0.601. The summed E-state index contributed by atoms with van der Waals surface area (Å²) in [6.07, 6.45) is 0.564. The molecule has 13 heavy (non-hydrogen) atoms. The predicted molar refractivity (Wildman–Crippen MR) is 46.7 cm³/mol. The zero-order valence-corrected chi connectivity index (χ0v) is 8.04. The van der Waals surface area contributed by atoms with E-state index in [9.17, 15) is 9.59 Å². The SMILES string of the molecule is [CH2]C(CCC(=O)OC)C(=O)OCC. The number of rotatable bonds is 5. The molecule has 0 aliphatic rings. The molecular weight excluding hydrogens is 172 g/mol. The van der Waals surface area contributed by atoms with E-state index >= 15 is 0 Å². The topological polar surface area (TPSA) is 52.6 Å². The third-order valence-corrected chi connectivity index (χ3v) is 1.54. The highest BCUT2D eigenvalue weighted by molar-refractivity contribution is 5.75. The molecule has 0 aromatic carbocycles. The lowest BCUT2D eigenvalue weighted by molar-refractivity contribution is -0.147. The van der Waals surface area contributed by atoms with Gasteiger partial charge in [-0.05, 0) is 20.3 Å². The van der Waals surface area contributed by atoms with Crippen molar-refractivity contribution in [2.24, 2.45) is 5.92 Å². The highest BCUT2D eigenvalue weighted by Crippen LogP contribution is 2.07. The third kappa shape index (κ3) is 5.22. The fourth-order valence-electron chi connectivity index (χ4n) is 0.772. The molecule has 0 N–H and O–H groups in total. The minimum atomic E-state index is -0.487. The number of esters is 2. The van der Waals surface area contributed by atoms with Gasteiger partial charge in [-0.25, -0.2) is 0 Å². The minimum Gasteiger partial charge on any atom is -0.469 e. The Morgan fingerprint density at radius 2 is 2.08 bits per heavy atom. The van der Waals surface area contributed by atoms with Gasteiger partial charge in [-0.15, -0.1) is 0 Å². The first-order valence-electron chi connectivity index (χ1n) is 4.18. The van der Waals surface area contributed by atoms with Crippen LogP contribution in [0.25, 0.3) is 0 Å². The van der Waals surface area contributed by atoms with Crippen LogP contribution in [-0.2, 0) is 19.1 Å². The molecule has 0 aromatic rings. The average Bonchev–Trinajstić information content (AvgIpc) is 2.13. The molecule has 4 heteroatoms. The second kappa shape index (κ2) is 6.46. The standard InChI is InChI=1S/C9H15O4/c1-4-13-9(11)7(2)5-6-8(10)12-3/h7H,2,4-6H2,1,3H3. The van der Waals surface area contributed by atoms with Gasteiger partial charge in [0.1, 0.15) is 0 Å². The van der Waals surface area contributed by atoms with Gasteiger partial charge >= 0.3 is 11.9 Å². The first-order valence-corrected chi connectivity index (χ1v) is 4.18. The highest BCUT2D eigenvalue weighted by Gasteiger charge is 2.15. The number of ether oxygens (including phenoxy) is 2. The summed E-state index contributed by atoms with van der Waals surface area (Å²) in [5, 5.41) is 0. The predicted octanol–water partition coefficient (Wildman–Crippen LogP) is 0.953. The smallest absolute Gasteiger partial charge is 0.308 e. The Hall–Kier alpha value is -1.06. The van der Waals surface area contributed by atoms with Crippen molar-refractivity contribution >= 4 is 11.9 Å². The first-order chi connectivity index (χ1) is 6.11. The molecule has 4 nitrogen and oxygen atoms in total. The van der Waals surface area contributed by atoms with Gasteiger partial charge in [0.15, 0.2) is 0 Å². The highest BCUT2D eigenvalue weighted by atomic mass is 16.5. The van der Waals surface area contributed by atoms with Crippen LogP contribution < -0.4 is 0 Å². The Labute approximate surface area is 78.2 Å². The molecule has 0 saturated heterocycles. The van der Waals surface area contributed by atoms with Gasteiger partial charge in [-0.3, -0.25) is 9.59 Å². The lowest BCUT2D eigenvalue weighted by Crippen LogP contribution is -2.16. The van der Waals surface area contributed by atoms with Crippen LogP contribution in [0.15, 0.2) is 0 Å². The van der Waals surface area contributed by atoms with Crippen LogP contribution in [0.3, 0.4) is 0 Å². The van der Waals surface area contributed by atoms with Gasteiger partial charge in [0.05, 0.1) is 19.6 Å². The van der Waals surface area contributed by atoms with Crippen molar-refractivity contribution in [3.8, 4) is 0 Å². The Kier molecular flexibility index (Phi) is 5.93. The van der Waals surface area contributed by atoms with Gasteiger partial charge in [-0.2, -0.15) is 0 Å². The normalized spacial score (nSPS) is 11.9. The van der Waals surface area contributed by atoms with E-state index in [1.165, 1.54) is 7.11 Å². The average molecular weight is 187 g/mol. The first kappa shape index (κ1) is 11.9. The van der Waals surface area contributed by atoms with Crippen molar-refractivity contribution in [2.45, 2.75) is 19.8 Å². The Balaban J connectivity index is 3.67. The molecule has 0 rings (SSSR count). The fourth-order valence-corrected chi connectivity index (χ4v) is 0.772. The van der Waals surface area contributed by atoms with Crippen LogP contribution in [0.4, 0.5) is 0 Å². The molecule has 0 aliphatic heterocycles. The summed E-state index contributed by atoms with van der Waals surface area (Å²) in [6.45, 7) is 5.64. The number of hydrogen-bond acceptors (Lipinski definition) is 4. The molecule has 0 bridgehead atoms. The summed E-state index contributed by atoms with van der Waals surface area (Å²) >= 11 is 0. The number of carbonyl (C=O) groups is 2. The molecular formula is C9H15O4. The van der Waals surface area contributed by atoms with Crippen LogP contribution in [-0.4, -0.2) is 25.7 Å². The molecule has 0 aromatic heterocycles. The van der Waals surface area contributed by atoms with Gasteiger partial charge in [0.25, 0.3) is 0 Å². The van der Waals surface area contributed by atoms with E-state index < -0.39 is 5.92 Å². The van der Waals surface area contributed by atoms with Crippen LogP contribution in [0.1, 0.15) is 19.8 Å². The molecule has 1 unspecified atom stereocenters. The summed E-state index contributed by atoms with van der Waals surface area (Å²) in [4.78, 5) is 21.7. The van der Waals surface area contributed by atoms with E-state index in [2.05, 4.69) is 11.7 Å². The summed E-state index contributed by atoms with van der Waals surface area (Å²) < 4.78 is 9.14. The van der Waals surface area contributed by atoms with Crippen molar-refractivity contribution in [3.05, 3.63) is 6.92 Å². The Morgan fingerprint density at radius 3 is 2.54 bits per heavy atom. The van der Waals surface area contributed by atoms with E-state index in [-0.39, 0.29) is 18.4 Å². The summed E-state index contributed by atoms with van der Waals surface area (Å²) in [5.74, 6) is -1.19. The molecule has 0 fully saturated rings. The minimum absolute atomic E-state index is 0.198. The van der Waals surface area contributed by atoms with Crippen LogP contribution in [0, 0.1) is 12.8 Å².